The lowest BCUT2D eigenvalue weighted by atomic mass is 9.93. The highest BCUT2D eigenvalue weighted by Gasteiger charge is 2.32. The Balaban J connectivity index is 1.81. The maximum absolute atomic E-state index is 13.0. The number of hydrogen-bond donors (Lipinski definition) is 1. The third-order valence-corrected chi connectivity index (χ3v) is 5.53. The van der Waals surface area contributed by atoms with E-state index >= 15 is 0 Å². The summed E-state index contributed by atoms with van der Waals surface area (Å²) in [5.74, 6) is -0.325. The van der Waals surface area contributed by atoms with Crippen LogP contribution in [0.1, 0.15) is 66.2 Å². The molecule has 0 fully saturated rings. The molecule has 0 saturated carbocycles. The summed E-state index contributed by atoms with van der Waals surface area (Å²) in [6.07, 6.45) is 6.79. The number of nitrogens with one attached hydrogen (secondary N) is 1. The van der Waals surface area contributed by atoms with Gasteiger partial charge in [-0.1, -0.05) is 67.1 Å². The van der Waals surface area contributed by atoms with Crippen molar-refractivity contribution in [3.8, 4) is 0 Å². The third-order valence-electron chi connectivity index (χ3n) is 5.14. The number of nitrogens with zero attached hydrogens (tertiary/aromatic N) is 1. The van der Waals surface area contributed by atoms with E-state index in [0.29, 0.717) is 17.7 Å². The van der Waals surface area contributed by atoms with Crippen molar-refractivity contribution in [1.82, 2.24) is 4.90 Å². The lowest BCUT2D eigenvalue weighted by molar-refractivity contribution is 0.0608. The summed E-state index contributed by atoms with van der Waals surface area (Å²) in [6, 6.07) is 9.51. The van der Waals surface area contributed by atoms with Gasteiger partial charge in [-0.05, 0) is 24.6 Å². The first kappa shape index (κ1) is 19.9. The van der Waals surface area contributed by atoms with Crippen LogP contribution in [0.3, 0.4) is 0 Å². The zero-order chi connectivity index (χ0) is 19.2. The van der Waals surface area contributed by atoms with Crippen molar-refractivity contribution in [1.29, 1.82) is 0 Å². The van der Waals surface area contributed by atoms with E-state index in [1.54, 1.807) is 0 Å². The molecule has 1 aliphatic heterocycles. The average molecular weight is 431 g/mol. The van der Waals surface area contributed by atoms with E-state index in [1.807, 2.05) is 30.3 Å². The van der Waals surface area contributed by atoms with E-state index in [1.165, 1.54) is 30.6 Å². The van der Waals surface area contributed by atoms with Gasteiger partial charge in [0.2, 0.25) is 0 Å². The number of imide groups is 1. The molecular weight excluding hydrogens is 404 g/mol. The molecule has 3 rings (SSSR count). The summed E-state index contributed by atoms with van der Waals surface area (Å²) in [5, 5.41) is 5.91. The van der Waals surface area contributed by atoms with Gasteiger partial charge in [-0.25, -0.2) is 0 Å². The van der Waals surface area contributed by atoms with Crippen molar-refractivity contribution >= 4 is 44.2 Å². The molecule has 0 aliphatic carbocycles. The van der Waals surface area contributed by atoms with Crippen LogP contribution in [0, 0.1) is 0 Å². The van der Waals surface area contributed by atoms with Crippen LogP contribution >= 0.6 is 15.9 Å². The van der Waals surface area contributed by atoms with E-state index < -0.39 is 0 Å². The summed E-state index contributed by atoms with van der Waals surface area (Å²) in [4.78, 5) is 27.4. The fourth-order valence-electron chi connectivity index (χ4n) is 3.74. The second kappa shape index (κ2) is 9.36. The Hall–Kier alpha value is -1.88. The number of amides is 2. The Morgan fingerprint density at radius 1 is 0.926 bits per heavy atom. The summed E-state index contributed by atoms with van der Waals surface area (Å²) >= 11 is 3.42. The van der Waals surface area contributed by atoms with Gasteiger partial charge in [-0.15, -0.1) is 0 Å². The van der Waals surface area contributed by atoms with Crippen LogP contribution in [0.25, 0.3) is 10.8 Å². The van der Waals surface area contributed by atoms with Gasteiger partial charge in [0.15, 0.2) is 0 Å². The summed E-state index contributed by atoms with van der Waals surface area (Å²) in [5.41, 5.74) is 2.23. The molecule has 0 unspecified atom stereocenters. The van der Waals surface area contributed by atoms with Crippen LogP contribution in [-0.4, -0.2) is 35.1 Å². The molecule has 0 radical (unpaired) electrons. The number of hydrogen-bond acceptors (Lipinski definition) is 3. The molecule has 2 amide bonds. The van der Waals surface area contributed by atoms with E-state index in [-0.39, 0.29) is 11.8 Å². The molecule has 1 N–H and O–H groups in total. The number of carbonyl (C=O) groups excluding carboxylic acids is 2. The van der Waals surface area contributed by atoms with Crippen molar-refractivity contribution in [3.63, 3.8) is 0 Å². The number of rotatable bonds is 10. The zero-order valence-corrected chi connectivity index (χ0v) is 17.5. The molecule has 0 atom stereocenters. The molecule has 0 aromatic heterocycles. The Morgan fingerprint density at radius 2 is 1.63 bits per heavy atom. The van der Waals surface area contributed by atoms with Crippen LogP contribution in [0.2, 0.25) is 0 Å². The van der Waals surface area contributed by atoms with Gasteiger partial charge < -0.3 is 5.32 Å². The Kier molecular flexibility index (Phi) is 6.89. The normalized spacial score (nSPS) is 13.5. The number of benzene rings is 2. The topological polar surface area (TPSA) is 49.4 Å². The van der Waals surface area contributed by atoms with Gasteiger partial charge in [0.05, 0.1) is 0 Å². The van der Waals surface area contributed by atoms with Crippen LogP contribution < -0.4 is 5.32 Å². The molecular formula is C22H27BrN2O2. The van der Waals surface area contributed by atoms with E-state index in [4.69, 9.17) is 0 Å². The summed E-state index contributed by atoms with van der Waals surface area (Å²) < 4.78 is 0. The SMILES string of the molecule is CCCCCCCCN1C(=O)c2cccc3c(NCCBr)ccc(c23)C1=O. The Labute approximate surface area is 169 Å². The lowest BCUT2D eigenvalue weighted by Gasteiger charge is -2.28. The average Bonchev–Trinajstić information content (AvgIpc) is 2.69. The second-order valence-electron chi connectivity index (χ2n) is 7.03. The molecule has 144 valence electrons. The third kappa shape index (κ3) is 4.18. The molecule has 1 heterocycles. The zero-order valence-electron chi connectivity index (χ0n) is 15.9. The monoisotopic (exact) mass is 430 g/mol. The van der Waals surface area contributed by atoms with Gasteiger partial charge in [0, 0.05) is 46.0 Å². The maximum Gasteiger partial charge on any atom is 0.261 e. The molecule has 27 heavy (non-hydrogen) atoms. The molecule has 2 aromatic rings. The first-order valence-corrected chi connectivity index (χ1v) is 11.0. The van der Waals surface area contributed by atoms with E-state index in [2.05, 4.69) is 28.2 Å². The molecule has 4 nitrogen and oxygen atoms in total. The predicted octanol–water partition coefficient (Wildman–Crippen LogP) is 5.60. The minimum atomic E-state index is -0.163. The minimum Gasteiger partial charge on any atom is -0.384 e. The van der Waals surface area contributed by atoms with E-state index in [0.717, 1.165) is 41.2 Å². The molecule has 0 saturated heterocycles. The smallest absolute Gasteiger partial charge is 0.261 e. The van der Waals surface area contributed by atoms with Crippen molar-refractivity contribution in [2.24, 2.45) is 0 Å². The quantitative estimate of drug-likeness (QED) is 0.303. The highest BCUT2D eigenvalue weighted by atomic mass is 79.9. The fraction of sp³-hybridized carbons (Fsp3) is 0.455. The number of carbonyl (C=O) groups is 2. The van der Waals surface area contributed by atoms with Crippen LogP contribution in [0.4, 0.5) is 5.69 Å². The molecule has 0 bridgehead atoms. The van der Waals surface area contributed by atoms with Crippen molar-refractivity contribution in [2.75, 3.05) is 23.7 Å². The standard InChI is InChI=1S/C22H27BrN2O2/c1-2-3-4-5-6-7-15-25-21(26)17-10-8-9-16-19(24-14-13-23)12-11-18(20(16)17)22(25)27/h8-12,24H,2-7,13-15H2,1H3. The van der Waals surface area contributed by atoms with Crippen LogP contribution in [0.5, 0.6) is 0 Å². The first-order chi connectivity index (χ1) is 13.2. The van der Waals surface area contributed by atoms with Gasteiger partial charge in [0.1, 0.15) is 0 Å². The number of anilines is 1. The van der Waals surface area contributed by atoms with Gasteiger partial charge in [0.25, 0.3) is 11.8 Å². The summed E-state index contributed by atoms with van der Waals surface area (Å²) in [7, 11) is 0. The number of unbranched alkanes of at least 4 members (excludes halogenated alkanes) is 5. The number of halogens is 1. The van der Waals surface area contributed by atoms with Crippen molar-refractivity contribution in [2.45, 2.75) is 45.4 Å². The number of alkyl halides is 1. The molecule has 5 heteroatoms. The minimum absolute atomic E-state index is 0.163. The highest BCUT2D eigenvalue weighted by molar-refractivity contribution is 9.09. The van der Waals surface area contributed by atoms with Crippen molar-refractivity contribution in [3.05, 3.63) is 41.5 Å². The predicted molar refractivity (Wildman–Crippen MR) is 115 cm³/mol. The highest BCUT2D eigenvalue weighted by Crippen LogP contribution is 2.34. The molecule has 2 aromatic carbocycles. The second-order valence-corrected chi connectivity index (χ2v) is 7.83. The lowest BCUT2D eigenvalue weighted by Crippen LogP contribution is -2.40. The largest absolute Gasteiger partial charge is 0.384 e. The Bertz CT molecular complexity index is 812. The van der Waals surface area contributed by atoms with Crippen molar-refractivity contribution < 1.29 is 9.59 Å². The van der Waals surface area contributed by atoms with Gasteiger partial charge in [-0.2, -0.15) is 0 Å². The van der Waals surface area contributed by atoms with Crippen LogP contribution in [0.15, 0.2) is 30.3 Å². The van der Waals surface area contributed by atoms with Crippen LogP contribution in [-0.2, 0) is 0 Å². The molecule has 1 aliphatic rings. The van der Waals surface area contributed by atoms with E-state index in [9.17, 15) is 9.59 Å². The Morgan fingerprint density at radius 3 is 2.37 bits per heavy atom. The molecule has 0 spiro atoms. The maximum atomic E-state index is 13.0. The fourth-order valence-corrected chi connectivity index (χ4v) is 3.93. The first-order valence-electron chi connectivity index (χ1n) is 9.90. The van der Waals surface area contributed by atoms with Gasteiger partial charge in [-0.3, -0.25) is 14.5 Å². The summed E-state index contributed by atoms with van der Waals surface area (Å²) in [6.45, 7) is 3.48. The van der Waals surface area contributed by atoms with Gasteiger partial charge >= 0.3 is 0 Å².